The highest BCUT2D eigenvalue weighted by atomic mass is 16.6. The Kier molecular flexibility index (Phi) is 4.55. The number of carbonyl (C=O) groups excluding carboxylic acids is 1. The van der Waals surface area contributed by atoms with Crippen LogP contribution in [0, 0.1) is 5.92 Å². The molecule has 2 aliphatic rings. The third-order valence-electron chi connectivity index (χ3n) is 3.86. The number of carbonyl (C=O) groups is 1. The molecule has 2 rings (SSSR count). The fourth-order valence-corrected chi connectivity index (χ4v) is 2.73. The van der Waals surface area contributed by atoms with Crippen LogP contribution >= 0.6 is 0 Å². The predicted molar refractivity (Wildman–Crippen MR) is 79.7 cm³/mol. The third kappa shape index (κ3) is 4.12. The first kappa shape index (κ1) is 15.1. The summed E-state index contributed by atoms with van der Waals surface area (Å²) in [6.07, 6.45) is 3.83. The van der Waals surface area contributed by atoms with Crippen molar-refractivity contribution < 1.29 is 9.53 Å². The average Bonchev–Trinajstić information content (AvgIpc) is 2.74. The van der Waals surface area contributed by atoms with E-state index in [1.54, 1.807) is 0 Å². The summed E-state index contributed by atoms with van der Waals surface area (Å²) < 4.78 is 5.47. The summed E-state index contributed by atoms with van der Waals surface area (Å²) in [4.78, 5) is 18.6. The largest absolute Gasteiger partial charge is 0.460 e. The quantitative estimate of drug-likeness (QED) is 0.784. The normalized spacial score (nSPS) is 27.2. The maximum Gasteiger partial charge on any atom is 0.309 e. The molecule has 0 atom stereocenters. The van der Waals surface area contributed by atoms with E-state index in [4.69, 9.17) is 4.74 Å². The van der Waals surface area contributed by atoms with E-state index < -0.39 is 0 Å². The number of esters is 1. The lowest BCUT2D eigenvalue weighted by atomic mass is 9.86. The minimum absolute atomic E-state index is 0.0359. The molecule has 20 heavy (non-hydrogen) atoms. The Hall–Kier alpha value is -1.26. The van der Waals surface area contributed by atoms with E-state index in [0.717, 1.165) is 44.7 Å². The maximum atomic E-state index is 12.0. The van der Waals surface area contributed by atoms with Crippen LogP contribution in [0.2, 0.25) is 0 Å². The highest BCUT2D eigenvalue weighted by molar-refractivity contribution is 5.81. The van der Waals surface area contributed by atoms with E-state index in [-0.39, 0.29) is 17.5 Å². The number of rotatable bonds is 2. The molecule has 1 fully saturated rings. The maximum absolute atomic E-state index is 12.0. The number of hydrogen-bond donors (Lipinski definition) is 1. The molecule has 0 unspecified atom stereocenters. The zero-order valence-corrected chi connectivity index (χ0v) is 13.1. The lowest BCUT2D eigenvalue weighted by Gasteiger charge is -2.31. The van der Waals surface area contributed by atoms with Gasteiger partial charge in [-0.2, -0.15) is 0 Å². The zero-order chi connectivity index (χ0) is 14.8. The molecule has 0 aromatic carbocycles. The summed E-state index contributed by atoms with van der Waals surface area (Å²) in [6, 6.07) is 0.438. The van der Waals surface area contributed by atoms with E-state index in [0.29, 0.717) is 6.04 Å². The van der Waals surface area contributed by atoms with Gasteiger partial charge in [-0.15, -0.1) is 0 Å². The summed E-state index contributed by atoms with van der Waals surface area (Å²) in [5.74, 6) is 1.03. The fourth-order valence-electron chi connectivity index (χ4n) is 2.73. The molecule has 114 valence electrons. The minimum Gasteiger partial charge on any atom is -0.460 e. The number of ether oxygens (including phenoxy) is 1. The van der Waals surface area contributed by atoms with Crippen molar-refractivity contribution in [1.29, 1.82) is 0 Å². The molecule has 1 saturated carbocycles. The van der Waals surface area contributed by atoms with E-state index in [1.165, 1.54) is 0 Å². The molecule has 1 heterocycles. The van der Waals surface area contributed by atoms with E-state index in [2.05, 4.69) is 22.3 Å². The standard InChI is InChI=1S/C15H27N3O2/c1-15(2,3)20-13(19)11-5-7-12(8-6-11)17-14-16-9-10-18(14)4/h11-12H,5-10H2,1-4H3,(H,16,17). The molecule has 0 saturated heterocycles. The monoisotopic (exact) mass is 281 g/mol. The predicted octanol–water partition coefficient (Wildman–Crippen LogP) is 1.78. The molecule has 0 radical (unpaired) electrons. The van der Waals surface area contributed by atoms with Crippen LogP contribution < -0.4 is 5.32 Å². The topological polar surface area (TPSA) is 53.9 Å². The van der Waals surface area contributed by atoms with Gasteiger partial charge < -0.3 is 15.0 Å². The Balaban J connectivity index is 1.76. The van der Waals surface area contributed by atoms with Gasteiger partial charge in [0.1, 0.15) is 5.60 Å². The van der Waals surface area contributed by atoms with Gasteiger partial charge in [-0.3, -0.25) is 9.79 Å². The van der Waals surface area contributed by atoms with Crippen molar-refractivity contribution in [3.8, 4) is 0 Å². The Morgan fingerprint density at radius 1 is 1.30 bits per heavy atom. The first-order valence-electron chi connectivity index (χ1n) is 7.60. The Morgan fingerprint density at radius 2 is 1.95 bits per heavy atom. The number of likely N-dealkylation sites (N-methyl/N-ethyl adjacent to an activating group) is 1. The van der Waals surface area contributed by atoms with E-state index in [1.807, 2.05) is 20.8 Å². The molecule has 0 bridgehead atoms. The summed E-state index contributed by atoms with van der Waals surface area (Å²) in [5, 5.41) is 3.50. The third-order valence-corrected chi connectivity index (χ3v) is 3.86. The second-order valence-electron chi connectivity index (χ2n) is 6.85. The number of guanidine groups is 1. The van der Waals surface area contributed by atoms with Gasteiger partial charge in [0.25, 0.3) is 0 Å². The van der Waals surface area contributed by atoms with Crippen LogP contribution in [0.15, 0.2) is 4.99 Å². The van der Waals surface area contributed by atoms with Gasteiger partial charge in [0.05, 0.1) is 12.5 Å². The van der Waals surface area contributed by atoms with Gasteiger partial charge in [-0.05, 0) is 46.5 Å². The smallest absolute Gasteiger partial charge is 0.309 e. The van der Waals surface area contributed by atoms with Gasteiger partial charge in [0.15, 0.2) is 5.96 Å². The van der Waals surface area contributed by atoms with Crippen LogP contribution in [0.3, 0.4) is 0 Å². The SMILES string of the molecule is CN1CCN=C1NC1CCC(C(=O)OC(C)(C)C)CC1. The summed E-state index contributed by atoms with van der Waals surface area (Å²) in [6.45, 7) is 7.64. The molecular formula is C15H27N3O2. The molecule has 0 aromatic rings. The first-order chi connectivity index (χ1) is 9.35. The molecule has 1 aliphatic heterocycles. The second-order valence-corrected chi connectivity index (χ2v) is 6.85. The number of nitrogens with one attached hydrogen (secondary N) is 1. The highest BCUT2D eigenvalue weighted by Gasteiger charge is 2.30. The molecule has 1 aliphatic carbocycles. The summed E-state index contributed by atoms with van der Waals surface area (Å²) in [7, 11) is 2.06. The van der Waals surface area contributed by atoms with Crippen molar-refractivity contribution >= 4 is 11.9 Å². The molecule has 1 N–H and O–H groups in total. The van der Waals surface area contributed by atoms with Gasteiger partial charge in [0.2, 0.25) is 0 Å². The molecule has 5 nitrogen and oxygen atoms in total. The zero-order valence-electron chi connectivity index (χ0n) is 13.1. The average molecular weight is 281 g/mol. The van der Waals surface area contributed by atoms with Crippen LogP contribution in [-0.4, -0.2) is 48.6 Å². The van der Waals surface area contributed by atoms with Crippen molar-refractivity contribution in [2.45, 2.75) is 58.1 Å². The Morgan fingerprint density at radius 3 is 2.45 bits per heavy atom. The number of aliphatic imine (C=N–C) groups is 1. The molecule has 0 aromatic heterocycles. The van der Waals surface area contributed by atoms with Gasteiger partial charge >= 0.3 is 5.97 Å². The van der Waals surface area contributed by atoms with Crippen molar-refractivity contribution in [3.05, 3.63) is 0 Å². The molecular weight excluding hydrogens is 254 g/mol. The molecule has 0 spiro atoms. The van der Waals surface area contributed by atoms with Crippen LogP contribution in [0.1, 0.15) is 46.5 Å². The summed E-state index contributed by atoms with van der Waals surface area (Å²) in [5.41, 5.74) is -0.381. The lowest BCUT2D eigenvalue weighted by molar-refractivity contribution is -0.161. The van der Waals surface area contributed by atoms with Crippen molar-refractivity contribution in [3.63, 3.8) is 0 Å². The van der Waals surface area contributed by atoms with Crippen molar-refractivity contribution in [2.24, 2.45) is 10.9 Å². The van der Waals surface area contributed by atoms with Gasteiger partial charge in [-0.1, -0.05) is 0 Å². The van der Waals surface area contributed by atoms with E-state index in [9.17, 15) is 4.79 Å². The molecule has 5 heteroatoms. The fraction of sp³-hybridized carbons (Fsp3) is 0.867. The second kappa shape index (κ2) is 6.02. The van der Waals surface area contributed by atoms with E-state index >= 15 is 0 Å². The summed E-state index contributed by atoms with van der Waals surface area (Å²) >= 11 is 0. The first-order valence-corrected chi connectivity index (χ1v) is 7.60. The minimum atomic E-state index is -0.381. The molecule has 0 amide bonds. The van der Waals surface area contributed by atoms with Crippen LogP contribution in [0.4, 0.5) is 0 Å². The highest BCUT2D eigenvalue weighted by Crippen LogP contribution is 2.27. The van der Waals surface area contributed by atoms with Crippen LogP contribution in [0.5, 0.6) is 0 Å². The van der Waals surface area contributed by atoms with Crippen molar-refractivity contribution in [1.82, 2.24) is 10.2 Å². The van der Waals surface area contributed by atoms with Crippen LogP contribution in [-0.2, 0) is 9.53 Å². The van der Waals surface area contributed by atoms with Crippen molar-refractivity contribution in [2.75, 3.05) is 20.1 Å². The number of nitrogens with zero attached hydrogens (tertiary/aromatic N) is 2. The van der Waals surface area contributed by atoms with Gasteiger partial charge in [-0.25, -0.2) is 0 Å². The lowest BCUT2D eigenvalue weighted by Crippen LogP contribution is -2.44. The van der Waals surface area contributed by atoms with Gasteiger partial charge in [0, 0.05) is 19.6 Å². The Bertz CT molecular complexity index is 379. The Labute approximate surface area is 121 Å². The van der Waals surface area contributed by atoms with Crippen LogP contribution in [0.25, 0.3) is 0 Å². The number of hydrogen-bond acceptors (Lipinski definition) is 5.